The topological polar surface area (TPSA) is 984 Å². The molecule has 0 spiro atoms. The van der Waals surface area contributed by atoms with Crippen molar-refractivity contribution in [3.63, 3.8) is 0 Å². The van der Waals surface area contributed by atoms with Crippen molar-refractivity contribution in [3.05, 3.63) is 0 Å². The van der Waals surface area contributed by atoms with E-state index in [9.17, 15) is 187 Å². The molecule has 0 bridgehead atoms. The fourth-order valence-electron chi connectivity index (χ4n) is 18.3. The Labute approximate surface area is 803 Å². The normalized spacial score (nSPS) is 48.0. The number of aliphatic hydroxyl groups is 30. The molecular formula is C79H131N5O58. The van der Waals surface area contributed by atoms with Crippen LogP contribution in [0.3, 0.4) is 0 Å². The summed E-state index contributed by atoms with van der Waals surface area (Å²) in [6.45, 7) is -5.99. The average molecular weight is 2080 g/mol. The summed E-state index contributed by atoms with van der Waals surface area (Å²) in [5, 5.41) is 360. The molecule has 11 saturated heterocycles. The molecule has 56 atom stereocenters. The third-order valence-corrected chi connectivity index (χ3v) is 25.9. The number of carboxylic acids is 1. The maximum absolute atomic E-state index is 13.4. The van der Waals surface area contributed by atoms with Gasteiger partial charge in [0.25, 0.3) is 5.79 Å². The molecule has 142 heavy (non-hydrogen) atoms. The summed E-state index contributed by atoms with van der Waals surface area (Å²) in [7, 11) is 0. The molecule has 0 aromatic heterocycles. The highest BCUT2D eigenvalue weighted by molar-refractivity contribution is 5.77. The van der Waals surface area contributed by atoms with Crippen molar-refractivity contribution in [1.82, 2.24) is 26.6 Å². The number of hydrogen-bond donors (Lipinski definition) is 36. The SMILES string of the molecule is CC(=O)N[C@@H]1[C@H](O[C@@H]2[C@@H](O[C@@H]3[C@H](O)[C@H](O[C@H]4[C@H](O)[C@@H](NC(C)=O)[C@H](O[C@H]5[C@H](O)[C@@H](NC(C)=O)[C@@H](O)O[C@@H]5CO[C@H]5O[C@H](C)[C@H](O)[C@H](O)[C@H]5O)O[C@@H]4CO)O[C@H](CO[C@H]4O[C@H](CO)[C@@H](O)[C@H](O)[C@@H]4O[C@@H]4O[C@H](CO)[C@@H](O[C@@H]5O[C@H](CO)[C@H](O)[C@H](O)[C@H]5O)[C@H](O)[C@H]4NC(C)=O)[C@H]3O)O[C@H](CO)[C@@H](O)[C@@H]2O)O[C@H](CO)[C@@H](O[C@@H]2O[C@H](CO[C@]3(C(=O)O)C[C@H](O)[C@@H](NC(C)=O)[C@H]([C@H](O)[C@H](O)CO)O3)[C@H](O)[C@H](O)[C@H]2O)[C@@H]1O. The smallest absolute Gasteiger partial charge is 0.364 e. The molecule has 0 aromatic rings. The van der Waals surface area contributed by atoms with Gasteiger partial charge in [-0.25, -0.2) is 4.79 Å². The van der Waals surface area contributed by atoms with Gasteiger partial charge in [-0.05, 0) is 6.92 Å². The Kier molecular flexibility index (Phi) is 41.7. The highest BCUT2D eigenvalue weighted by Crippen LogP contribution is 2.43. The molecule has 820 valence electrons. The van der Waals surface area contributed by atoms with Crippen molar-refractivity contribution in [2.24, 2.45) is 0 Å². The van der Waals surface area contributed by atoms with Crippen molar-refractivity contribution in [1.29, 1.82) is 0 Å². The Morgan fingerprint density at radius 3 is 1.05 bits per heavy atom. The van der Waals surface area contributed by atoms with Crippen LogP contribution in [0.1, 0.15) is 48.0 Å². The first-order chi connectivity index (χ1) is 66.9. The van der Waals surface area contributed by atoms with Crippen LogP contribution in [0.15, 0.2) is 0 Å². The summed E-state index contributed by atoms with van der Waals surface area (Å²) < 4.78 is 125. The summed E-state index contributed by atoms with van der Waals surface area (Å²) in [5.74, 6) is -10.0. The molecule has 36 N–H and O–H groups in total. The second kappa shape index (κ2) is 50.6. The van der Waals surface area contributed by atoms with Gasteiger partial charge in [0.1, 0.15) is 256 Å². The van der Waals surface area contributed by atoms with Gasteiger partial charge >= 0.3 is 5.97 Å². The van der Waals surface area contributed by atoms with E-state index in [1.807, 2.05) is 0 Å². The fourth-order valence-corrected chi connectivity index (χ4v) is 18.3. The Bertz CT molecular complexity index is 4010. The van der Waals surface area contributed by atoms with Crippen LogP contribution in [0.2, 0.25) is 0 Å². The first-order valence-corrected chi connectivity index (χ1v) is 45.1. The lowest BCUT2D eigenvalue weighted by atomic mass is 9.88. The molecule has 11 aliphatic heterocycles. The minimum absolute atomic E-state index is 0.848. The van der Waals surface area contributed by atoms with Crippen molar-refractivity contribution >= 4 is 35.5 Å². The number of carboxylic acid groups (broad SMARTS) is 1. The van der Waals surface area contributed by atoms with Crippen molar-refractivity contribution in [2.75, 3.05) is 66.1 Å². The van der Waals surface area contributed by atoms with Gasteiger partial charge in [0.15, 0.2) is 62.9 Å². The quantitative estimate of drug-likeness (QED) is 0.0273. The molecular weight excluding hydrogens is 1950 g/mol. The number of carbonyl (C=O) groups excluding carboxylic acids is 5. The Balaban J connectivity index is 0.908. The molecule has 11 rings (SSSR count). The Hall–Kier alpha value is -5.22. The molecule has 11 fully saturated rings. The standard InChI is InChI=1S/C79H131N5O58/c1-18-40(99)51(110)56(115)72(125-18)122-16-34-63(47(106)36(68(119)126-34)81-20(3)93)135-69-37(82-21(4)94)48(107)62(31(14-91)130-69)138-75-59(118)65(46(105)32(133-75)15-123-76-66(54(113)43(102)27(10-87)128-76)140-70-38(83-22(5)95)49(108)60(29(12-89)131-70)136-73-57(116)52(111)42(101)26(9-86)127-73)139-77-67(55(114)44(103)28(11-88)129-77)141-71-39(84-23(6)96)50(109)61(30(13-90)132-71)137-74-58(117)53(112)45(104)33(134-74)17-124-79(78(120)121)7-24(97)35(80-19(2)92)64(142-79)41(100)25(98)8-85/h18,24-77,85-91,97-119H,7-17H2,1-6H3,(H,80,92)(H,81,93)(H,82,94)(H,83,95)(H,84,96)(H,120,121)/t18-,24+,25-,26-,27-,28-,29-,30-,31-,32-,33-,34-,35-,36-,37-,38-,39+,40+,41-,42+,43-,44-,45+,46-,47-,48-,49-,50-,51+,52+,53+,54+,55+,56-,57-,58-,59+,60-,61-,62-,63-,64-,65+,66+,67+,68+,69+,70+,71+,72+,73+,74+,75+,76+,77-,79-/m1/s1. The van der Waals surface area contributed by atoms with Gasteiger partial charge in [0.2, 0.25) is 29.5 Å². The number of aliphatic carboxylic acids is 1. The molecule has 11 aliphatic rings. The lowest BCUT2D eigenvalue weighted by molar-refractivity contribution is -0.399. The molecule has 63 heteroatoms. The van der Waals surface area contributed by atoms with Crippen LogP contribution < -0.4 is 26.6 Å². The van der Waals surface area contributed by atoms with Crippen LogP contribution in [0, 0.1) is 0 Å². The number of nitrogens with one attached hydrogen (secondary N) is 5. The van der Waals surface area contributed by atoms with E-state index in [1.165, 1.54) is 6.92 Å². The number of hydrogen-bond acceptors (Lipinski definition) is 57. The minimum atomic E-state index is -3.12. The van der Waals surface area contributed by atoms with E-state index in [0.29, 0.717) is 0 Å². The third-order valence-electron chi connectivity index (χ3n) is 25.9. The van der Waals surface area contributed by atoms with E-state index in [2.05, 4.69) is 26.6 Å². The molecule has 63 nitrogen and oxygen atoms in total. The Morgan fingerprint density at radius 2 is 0.620 bits per heavy atom. The summed E-state index contributed by atoms with van der Waals surface area (Å²) in [6, 6.07) is -9.70. The van der Waals surface area contributed by atoms with Crippen LogP contribution in [0.25, 0.3) is 0 Å². The zero-order valence-corrected chi connectivity index (χ0v) is 76.4. The fraction of sp³-hybridized carbons (Fsp3) is 0.924. The predicted octanol–water partition coefficient (Wildman–Crippen LogP) is -24.0. The van der Waals surface area contributed by atoms with Gasteiger partial charge in [-0.15, -0.1) is 0 Å². The number of ether oxygens (including phenoxy) is 21. The zero-order valence-electron chi connectivity index (χ0n) is 76.4. The second-order valence-electron chi connectivity index (χ2n) is 36.0. The zero-order chi connectivity index (χ0) is 105. The van der Waals surface area contributed by atoms with Crippen LogP contribution in [-0.2, 0) is 128 Å². The van der Waals surface area contributed by atoms with E-state index in [-0.39, 0.29) is 0 Å². The number of amides is 5. The first-order valence-electron chi connectivity index (χ1n) is 45.1. The lowest BCUT2D eigenvalue weighted by Gasteiger charge is -2.51. The maximum atomic E-state index is 13.4. The van der Waals surface area contributed by atoms with Crippen molar-refractivity contribution < 1.29 is 287 Å². The van der Waals surface area contributed by atoms with Gasteiger partial charge in [0, 0.05) is 41.0 Å². The van der Waals surface area contributed by atoms with Gasteiger partial charge in [0.05, 0.1) is 84.3 Å². The van der Waals surface area contributed by atoms with E-state index < -0.39 is 451 Å². The number of carbonyl (C=O) groups is 6. The highest BCUT2D eigenvalue weighted by Gasteiger charge is 2.64. The first kappa shape index (κ1) is 117. The van der Waals surface area contributed by atoms with E-state index in [1.54, 1.807) is 0 Å². The number of rotatable bonds is 38. The monoisotopic (exact) mass is 2080 g/mol. The van der Waals surface area contributed by atoms with Gasteiger partial charge in [-0.2, -0.15) is 0 Å². The molecule has 0 aliphatic carbocycles. The second-order valence-corrected chi connectivity index (χ2v) is 36.0. The average Bonchev–Trinajstić information content (AvgIpc) is 0.763. The van der Waals surface area contributed by atoms with Crippen LogP contribution in [-0.4, -0.2) is 603 Å². The Morgan fingerprint density at radius 1 is 0.303 bits per heavy atom. The van der Waals surface area contributed by atoms with Crippen LogP contribution >= 0.6 is 0 Å². The van der Waals surface area contributed by atoms with E-state index in [0.717, 1.165) is 34.6 Å². The molecule has 0 saturated carbocycles. The molecule has 11 heterocycles. The largest absolute Gasteiger partial charge is 0.477 e. The molecule has 0 radical (unpaired) electrons. The van der Waals surface area contributed by atoms with E-state index in [4.69, 9.17) is 99.5 Å². The molecule has 5 amide bonds. The third kappa shape index (κ3) is 26.0. The van der Waals surface area contributed by atoms with Crippen molar-refractivity contribution in [2.45, 2.75) is 391 Å². The molecule has 0 aromatic carbocycles. The van der Waals surface area contributed by atoms with Crippen LogP contribution in [0.5, 0.6) is 0 Å². The summed E-state index contributed by atoms with van der Waals surface area (Å²) in [5.41, 5.74) is 0. The predicted molar refractivity (Wildman–Crippen MR) is 436 cm³/mol. The maximum Gasteiger partial charge on any atom is 0.364 e. The van der Waals surface area contributed by atoms with Crippen LogP contribution in [0.4, 0.5) is 0 Å². The molecule has 0 unspecified atom stereocenters. The number of aliphatic hydroxyl groups excluding tert-OH is 30. The van der Waals surface area contributed by atoms with Crippen molar-refractivity contribution in [3.8, 4) is 0 Å². The minimum Gasteiger partial charge on any atom is -0.477 e. The lowest BCUT2D eigenvalue weighted by Crippen LogP contribution is -2.71. The van der Waals surface area contributed by atoms with E-state index >= 15 is 0 Å². The summed E-state index contributed by atoms with van der Waals surface area (Å²) >= 11 is 0. The van der Waals surface area contributed by atoms with Gasteiger partial charge in [-0.1, -0.05) is 0 Å². The van der Waals surface area contributed by atoms with Gasteiger partial charge in [-0.3, -0.25) is 24.0 Å². The van der Waals surface area contributed by atoms with Gasteiger partial charge < -0.3 is 284 Å². The summed E-state index contributed by atoms with van der Waals surface area (Å²) in [4.78, 5) is 77.5. The summed E-state index contributed by atoms with van der Waals surface area (Å²) in [6.07, 6.45) is -110. The highest BCUT2D eigenvalue weighted by atomic mass is 16.8.